The van der Waals surface area contributed by atoms with Crippen molar-refractivity contribution in [2.45, 2.75) is 6.17 Å². The van der Waals surface area contributed by atoms with E-state index in [0.717, 1.165) is 0 Å². The van der Waals surface area contributed by atoms with Crippen molar-refractivity contribution in [3.05, 3.63) is 29.8 Å². The molecular weight excluding hydrogens is 147 g/mol. The van der Waals surface area contributed by atoms with Crippen molar-refractivity contribution in [3.8, 4) is 5.75 Å². The first-order valence-electron chi connectivity index (χ1n) is 3.13. The summed E-state index contributed by atoms with van der Waals surface area (Å²) in [5, 5.41) is 9.01. The summed E-state index contributed by atoms with van der Waals surface area (Å²) in [7, 11) is 0. The SMILES string of the molecule is O=CC(F)c1ccccc1O. The fourth-order valence-electron chi connectivity index (χ4n) is 0.794. The summed E-state index contributed by atoms with van der Waals surface area (Å²) in [4.78, 5) is 9.97. The van der Waals surface area contributed by atoms with Crippen LogP contribution < -0.4 is 0 Å². The van der Waals surface area contributed by atoms with Crippen LogP contribution >= 0.6 is 0 Å². The van der Waals surface area contributed by atoms with E-state index in [2.05, 4.69) is 0 Å². The van der Waals surface area contributed by atoms with Crippen LogP contribution in [0.25, 0.3) is 0 Å². The summed E-state index contributed by atoms with van der Waals surface area (Å²) in [5.74, 6) is -0.188. The molecule has 0 fully saturated rings. The van der Waals surface area contributed by atoms with Gasteiger partial charge in [0.15, 0.2) is 12.5 Å². The molecule has 0 aliphatic rings. The number of phenols is 1. The van der Waals surface area contributed by atoms with Crippen LogP contribution in [0, 0.1) is 0 Å². The number of hydrogen-bond donors (Lipinski definition) is 1. The molecule has 0 saturated carbocycles. The van der Waals surface area contributed by atoms with E-state index >= 15 is 0 Å². The normalized spacial score (nSPS) is 12.5. The van der Waals surface area contributed by atoms with Crippen molar-refractivity contribution in [3.63, 3.8) is 0 Å². The van der Waals surface area contributed by atoms with Gasteiger partial charge in [-0.25, -0.2) is 4.39 Å². The molecule has 1 unspecified atom stereocenters. The van der Waals surface area contributed by atoms with Crippen molar-refractivity contribution in [2.24, 2.45) is 0 Å². The van der Waals surface area contributed by atoms with E-state index < -0.39 is 6.17 Å². The first-order chi connectivity index (χ1) is 5.25. The molecule has 0 amide bonds. The maximum absolute atomic E-state index is 12.6. The zero-order chi connectivity index (χ0) is 8.27. The number of para-hydroxylation sites is 1. The van der Waals surface area contributed by atoms with E-state index in [1.807, 2.05) is 0 Å². The maximum Gasteiger partial charge on any atom is 0.184 e. The van der Waals surface area contributed by atoms with Gasteiger partial charge in [-0.15, -0.1) is 0 Å². The Morgan fingerprint density at radius 3 is 2.64 bits per heavy atom. The quantitative estimate of drug-likeness (QED) is 0.657. The molecule has 11 heavy (non-hydrogen) atoms. The van der Waals surface area contributed by atoms with Crippen molar-refractivity contribution in [1.29, 1.82) is 0 Å². The Bertz CT molecular complexity index is 260. The maximum atomic E-state index is 12.6. The van der Waals surface area contributed by atoms with Crippen LogP contribution in [0.15, 0.2) is 24.3 Å². The molecule has 0 aliphatic heterocycles. The molecule has 3 heteroatoms. The Morgan fingerprint density at radius 1 is 1.45 bits per heavy atom. The van der Waals surface area contributed by atoms with Crippen molar-refractivity contribution < 1.29 is 14.3 Å². The van der Waals surface area contributed by atoms with Gasteiger partial charge in [0.05, 0.1) is 0 Å². The summed E-state index contributed by atoms with van der Waals surface area (Å²) < 4.78 is 12.6. The lowest BCUT2D eigenvalue weighted by Gasteiger charge is -2.01. The molecule has 0 aliphatic carbocycles. The van der Waals surface area contributed by atoms with Gasteiger partial charge < -0.3 is 5.11 Å². The van der Waals surface area contributed by atoms with E-state index in [-0.39, 0.29) is 17.6 Å². The zero-order valence-corrected chi connectivity index (χ0v) is 5.70. The van der Waals surface area contributed by atoms with Crippen LogP contribution in [0.3, 0.4) is 0 Å². The van der Waals surface area contributed by atoms with Gasteiger partial charge in [0.2, 0.25) is 0 Å². The van der Waals surface area contributed by atoms with Crippen LogP contribution in [0.4, 0.5) is 4.39 Å². The molecule has 0 radical (unpaired) electrons. The number of carbonyl (C=O) groups is 1. The first kappa shape index (κ1) is 7.72. The van der Waals surface area contributed by atoms with Crippen LogP contribution in [0.2, 0.25) is 0 Å². The molecular formula is C8H7FO2. The highest BCUT2D eigenvalue weighted by molar-refractivity contribution is 5.61. The van der Waals surface area contributed by atoms with E-state index in [4.69, 9.17) is 5.11 Å². The lowest BCUT2D eigenvalue weighted by Crippen LogP contribution is -1.91. The van der Waals surface area contributed by atoms with Crippen LogP contribution in [-0.4, -0.2) is 11.4 Å². The average molecular weight is 154 g/mol. The fraction of sp³-hybridized carbons (Fsp3) is 0.125. The third kappa shape index (κ3) is 1.55. The summed E-state index contributed by atoms with van der Waals surface area (Å²) in [6.45, 7) is 0. The highest BCUT2D eigenvalue weighted by Gasteiger charge is 2.10. The topological polar surface area (TPSA) is 37.3 Å². The summed E-state index contributed by atoms with van der Waals surface area (Å²) in [6, 6.07) is 5.83. The lowest BCUT2D eigenvalue weighted by atomic mass is 10.1. The van der Waals surface area contributed by atoms with Gasteiger partial charge in [-0.1, -0.05) is 18.2 Å². The second-order valence-electron chi connectivity index (χ2n) is 2.10. The second kappa shape index (κ2) is 3.14. The molecule has 0 bridgehead atoms. The predicted octanol–water partition coefficient (Wildman–Crippen LogP) is 1.60. The molecule has 1 aromatic carbocycles. The minimum atomic E-state index is -1.73. The summed E-state index contributed by atoms with van der Waals surface area (Å²) >= 11 is 0. The van der Waals surface area contributed by atoms with Crippen molar-refractivity contribution in [2.75, 3.05) is 0 Å². The molecule has 0 saturated heterocycles. The average Bonchev–Trinajstić information content (AvgIpc) is 2.04. The van der Waals surface area contributed by atoms with E-state index in [0.29, 0.717) is 0 Å². The van der Waals surface area contributed by atoms with Crippen LogP contribution in [-0.2, 0) is 4.79 Å². The Labute approximate surface area is 63.3 Å². The number of rotatable bonds is 2. The standard InChI is InChI=1S/C8H7FO2/c9-7(5-10)6-3-1-2-4-8(6)11/h1-5,7,11H. The number of aldehydes is 1. The molecule has 0 aromatic heterocycles. The van der Waals surface area contributed by atoms with E-state index in [9.17, 15) is 9.18 Å². The zero-order valence-electron chi connectivity index (χ0n) is 5.70. The van der Waals surface area contributed by atoms with Gasteiger partial charge in [0, 0.05) is 5.56 Å². The number of alkyl halides is 1. The lowest BCUT2D eigenvalue weighted by molar-refractivity contribution is -0.112. The van der Waals surface area contributed by atoms with Crippen LogP contribution in [0.5, 0.6) is 5.75 Å². The Balaban J connectivity index is 3.02. The molecule has 2 nitrogen and oxygen atoms in total. The van der Waals surface area contributed by atoms with Gasteiger partial charge in [0.1, 0.15) is 5.75 Å². The number of benzene rings is 1. The minimum absolute atomic E-state index is 0.0162. The third-order valence-electron chi connectivity index (χ3n) is 1.35. The van der Waals surface area contributed by atoms with Crippen molar-refractivity contribution >= 4 is 6.29 Å². The highest BCUT2D eigenvalue weighted by atomic mass is 19.1. The second-order valence-corrected chi connectivity index (χ2v) is 2.10. The monoisotopic (exact) mass is 154 g/mol. The fourth-order valence-corrected chi connectivity index (χ4v) is 0.794. The molecule has 0 spiro atoms. The van der Waals surface area contributed by atoms with Gasteiger partial charge in [-0.3, -0.25) is 4.79 Å². The smallest absolute Gasteiger partial charge is 0.184 e. The highest BCUT2D eigenvalue weighted by Crippen LogP contribution is 2.24. The molecule has 1 aromatic rings. The number of halogens is 1. The first-order valence-corrected chi connectivity index (χ1v) is 3.13. The molecule has 1 N–H and O–H groups in total. The Hall–Kier alpha value is -1.38. The third-order valence-corrected chi connectivity index (χ3v) is 1.35. The molecule has 0 heterocycles. The van der Waals surface area contributed by atoms with Gasteiger partial charge in [-0.05, 0) is 6.07 Å². The van der Waals surface area contributed by atoms with Gasteiger partial charge in [0.25, 0.3) is 0 Å². The predicted molar refractivity (Wildman–Crippen MR) is 38.0 cm³/mol. The van der Waals surface area contributed by atoms with Gasteiger partial charge in [-0.2, -0.15) is 0 Å². The number of phenolic OH excluding ortho intramolecular Hbond substituents is 1. The van der Waals surface area contributed by atoms with Gasteiger partial charge >= 0.3 is 0 Å². The number of aromatic hydroxyl groups is 1. The van der Waals surface area contributed by atoms with E-state index in [1.165, 1.54) is 12.1 Å². The summed E-state index contributed by atoms with van der Waals surface area (Å²) in [6.07, 6.45) is -1.58. The molecule has 1 atom stereocenters. The van der Waals surface area contributed by atoms with Crippen molar-refractivity contribution in [1.82, 2.24) is 0 Å². The Morgan fingerprint density at radius 2 is 2.09 bits per heavy atom. The number of hydrogen-bond acceptors (Lipinski definition) is 2. The largest absolute Gasteiger partial charge is 0.508 e. The molecule has 58 valence electrons. The number of carbonyl (C=O) groups excluding carboxylic acids is 1. The van der Waals surface area contributed by atoms with E-state index in [1.54, 1.807) is 12.1 Å². The van der Waals surface area contributed by atoms with Crippen LogP contribution in [0.1, 0.15) is 11.7 Å². The Kier molecular flexibility index (Phi) is 2.21. The molecule has 1 rings (SSSR count). The summed E-state index contributed by atoms with van der Waals surface area (Å²) in [5.41, 5.74) is 0.0162. The minimum Gasteiger partial charge on any atom is -0.508 e.